The van der Waals surface area contributed by atoms with Crippen LogP contribution in [0.2, 0.25) is 0 Å². The van der Waals surface area contributed by atoms with Gasteiger partial charge in [-0.15, -0.1) is 0 Å². The number of ether oxygens (including phenoxy) is 2. The van der Waals surface area contributed by atoms with Gasteiger partial charge in [0.15, 0.2) is 0 Å². The molecule has 0 aromatic carbocycles. The van der Waals surface area contributed by atoms with E-state index in [1.807, 2.05) is 7.11 Å². The molecule has 3 atom stereocenters. The molecule has 1 N–H and O–H groups in total. The molecule has 0 aromatic heterocycles. The fourth-order valence-corrected chi connectivity index (χ4v) is 3.63. The minimum Gasteiger partial charge on any atom is -0.381 e. The Morgan fingerprint density at radius 2 is 1.67 bits per heavy atom. The normalized spacial score (nSPS) is 40.5. The molecular formula is C15H29NO2. The van der Waals surface area contributed by atoms with E-state index >= 15 is 0 Å². The third-order valence-electron chi connectivity index (χ3n) is 4.94. The molecule has 1 aliphatic carbocycles. The Morgan fingerprint density at radius 1 is 1.06 bits per heavy atom. The van der Waals surface area contributed by atoms with Crippen LogP contribution in [-0.4, -0.2) is 36.5 Å². The van der Waals surface area contributed by atoms with Gasteiger partial charge in [-0.1, -0.05) is 13.8 Å². The molecule has 106 valence electrons. The summed E-state index contributed by atoms with van der Waals surface area (Å²) in [5.41, 5.74) is 0.116. The molecule has 3 unspecified atom stereocenters. The second kappa shape index (κ2) is 4.19. The van der Waals surface area contributed by atoms with Gasteiger partial charge in [0.05, 0.1) is 17.3 Å². The van der Waals surface area contributed by atoms with E-state index in [4.69, 9.17) is 9.47 Å². The molecule has 0 bridgehead atoms. The van der Waals surface area contributed by atoms with Crippen molar-refractivity contribution in [3.63, 3.8) is 0 Å². The third-order valence-corrected chi connectivity index (χ3v) is 4.94. The van der Waals surface area contributed by atoms with Crippen LogP contribution in [0, 0.1) is 5.41 Å². The van der Waals surface area contributed by atoms with Gasteiger partial charge in [-0.3, -0.25) is 0 Å². The molecule has 3 nitrogen and oxygen atoms in total. The summed E-state index contributed by atoms with van der Waals surface area (Å²) in [4.78, 5) is 0. The minimum absolute atomic E-state index is 0.0181. The van der Waals surface area contributed by atoms with E-state index in [9.17, 15) is 0 Å². The van der Waals surface area contributed by atoms with Crippen molar-refractivity contribution >= 4 is 0 Å². The molecule has 0 amide bonds. The lowest BCUT2D eigenvalue weighted by atomic mass is 9.64. The molecule has 1 aliphatic heterocycles. The fourth-order valence-electron chi connectivity index (χ4n) is 3.63. The quantitative estimate of drug-likeness (QED) is 0.841. The van der Waals surface area contributed by atoms with E-state index in [0.717, 1.165) is 12.8 Å². The lowest BCUT2D eigenvalue weighted by Crippen LogP contribution is -2.64. The summed E-state index contributed by atoms with van der Waals surface area (Å²) in [6.07, 6.45) is 2.56. The zero-order valence-electron chi connectivity index (χ0n) is 13.0. The van der Waals surface area contributed by atoms with Crippen LogP contribution >= 0.6 is 0 Å². The highest BCUT2D eigenvalue weighted by atomic mass is 16.5. The first-order valence-electron chi connectivity index (χ1n) is 7.07. The largest absolute Gasteiger partial charge is 0.381 e. The van der Waals surface area contributed by atoms with Crippen LogP contribution in [-0.2, 0) is 9.47 Å². The molecule has 0 spiro atoms. The van der Waals surface area contributed by atoms with E-state index < -0.39 is 0 Å². The first-order valence-corrected chi connectivity index (χ1v) is 7.07. The lowest BCUT2D eigenvalue weighted by Gasteiger charge is -2.53. The van der Waals surface area contributed by atoms with Crippen molar-refractivity contribution in [2.24, 2.45) is 5.41 Å². The Hall–Kier alpha value is -0.120. The topological polar surface area (TPSA) is 30.5 Å². The summed E-state index contributed by atoms with van der Waals surface area (Å²) in [6, 6.07) is 0.957. The van der Waals surface area contributed by atoms with Crippen molar-refractivity contribution in [1.82, 2.24) is 5.32 Å². The van der Waals surface area contributed by atoms with E-state index in [2.05, 4.69) is 46.9 Å². The van der Waals surface area contributed by atoms with Gasteiger partial charge in [0, 0.05) is 24.6 Å². The van der Waals surface area contributed by atoms with Crippen LogP contribution in [0.3, 0.4) is 0 Å². The maximum absolute atomic E-state index is 6.15. The Balaban J connectivity index is 1.99. The van der Waals surface area contributed by atoms with Crippen LogP contribution < -0.4 is 5.32 Å². The van der Waals surface area contributed by atoms with E-state index in [1.54, 1.807) is 0 Å². The van der Waals surface area contributed by atoms with E-state index in [-0.39, 0.29) is 16.6 Å². The van der Waals surface area contributed by atoms with Crippen LogP contribution in [0.25, 0.3) is 0 Å². The number of hydrogen-bond donors (Lipinski definition) is 1. The highest BCUT2D eigenvalue weighted by Crippen LogP contribution is 2.45. The maximum Gasteiger partial charge on any atom is 0.0787 e. The van der Waals surface area contributed by atoms with Gasteiger partial charge in [0.1, 0.15) is 0 Å². The van der Waals surface area contributed by atoms with Gasteiger partial charge in [-0.25, -0.2) is 0 Å². The Morgan fingerprint density at radius 3 is 2.06 bits per heavy atom. The molecule has 2 aliphatic rings. The van der Waals surface area contributed by atoms with Crippen molar-refractivity contribution in [2.75, 3.05) is 7.11 Å². The molecular weight excluding hydrogens is 226 g/mol. The fraction of sp³-hybridized carbons (Fsp3) is 1.00. The van der Waals surface area contributed by atoms with Crippen LogP contribution in [0.1, 0.15) is 54.4 Å². The summed E-state index contributed by atoms with van der Waals surface area (Å²) in [5.74, 6) is 0. The average Bonchev–Trinajstić information content (AvgIpc) is 2.40. The summed E-state index contributed by atoms with van der Waals surface area (Å²) in [5, 5.41) is 3.81. The second-order valence-corrected chi connectivity index (χ2v) is 7.72. The van der Waals surface area contributed by atoms with Crippen LogP contribution in [0.4, 0.5) is 0 Å². The van der Waals surface area contributed by atoms with Crippen molar-refractivity contribution in [3.05, 3.63) is 0 Å². The Labute approximate surface area is 112 Å². The summed E-state index contributed by atoms with van der Waals surface area (Å²) in [7, 11) is 1.81. The molecule has 2 rings (SSSR count). The van der Waals surface area contributed by atoms with Gasteiger partial charge in [-0.05, 0) is 40.5 Å². The van der Waals surface area contributed by atoms with Gasteiger partial charge >= 0.3 is 0 Å². The maximum atomic E-state index is 6.15. The number of rotatable bonds is 3. The molecule has 18 heavy (non-hydrogen) atoms. The van der Waals surface area contributed by atoms with Crippen molar-refractivity contribution < 1.29 is 9.47 Å². The number of hydrogen-bond acceptors (Lipinski definition) is 3. The zero-order chi connectivity index (χ0) is 13.8. The standard InChI is InChI=1S/C15H29NO2/c1-13(2)9-11(15(5,6)18-13)16-10-8-12(17-7)14(10,3)4/h10-12,16H,8-9H2,1-7H3. The van der Waals surface area contributed by atoms with Gasteiger partial charge in [0.25, 0.3) is 0 Å². The molecule has 1 saturated heterocycles. The molecule has 1 saturated carbocycles. The molecule has 0 aromatic rings. The van der Waals surface area contributed by atoms with Gasteiger partial charge in [0.2, 0.25) is 0 Å². The number of nitrogens with one attached hydrogen (secondary N) is 1. The van der Waals surface area contributed by atoms with Crippen molar-refractivity contribution in [2.45, 2.75) is 83.8 Å². The molecule has 2 fully saturated rings. The molecule has 3 heteroatoms. The van der Waals surface area contributed by atoms with E-state index in [0.29, 0.717) is 18.2 Å². The zero-order valence-corrected chi connectivity index (χ0v) is 13.0. The van der Waals surface area contributed by atoms with Crippen molar-refractivity contribution in [1.29, 1.82) is 0 Å². The number of methoxy groups -OCH3 is 1. The van der Waals surface area contributed by atoms with Crippen molar-refractivity contribution in [3.8, 4) is 0 Å². The summed E-state index contributed by atoms with van der Waals surface area (Å²) in [6.45, 7) is 13.3. The first kappa shape index (κ1) is 14.3. The Kier molecular flexibility index (Phi) is 3.33. The molecule has 1 heterocycles. The van der Waals surface area contributed by atoms with E-state index in [1.165, 1.54) is 0 Å². The predicted octanol–water partition coefficient (Wildman–Crippen LogP) is 2.74. The highest BCUT2D eigenvalue weighted by Gasteiger charge is 2.53. The highest BCUT2D eigenvalue weighted by molar-refractivity contribution is 5.07. The van der Waals surface area contributed by atoms with Crippen LogP contribution in [0.15, 0.2) is 0 Å². The lowest BCUT2D eigenvalue weighted by molar-refractivity contribution is -0.109. The van der Waals surface area contributed by atoms with Crippen LogP contribution in [0.5, 0.6) is 0 Å². The second-order valence-electron chi connectivity index (χ2n) is 7.72. The first-order chi connectivity index (χ1) is 8.08. The SMILES string of the molecule is COC1CC(NC2CC(C)(C)OC2(C)C)C1(C)C. The summed E-state index contributed by atoms with van der Waals surface area (Å²) >= 11 is 0. The minimum atomic E-state index is -0.0856. The molecule has 0 radical (unpaired) electrons. The smallest absolute Gasteiger partial charge is 0.0787 e. The monoisotopic (exact) mass is 255 g/mol. The summed E-state index contributed by atoms with van der Waals surface area (Å²) < 4.78 is 11.7. The van der Waals surface area contributed by atoms with Gasteiger partial charge < -0.3 is 14.8 Å². The van der Waals surface area contributed by atoms with Gasteiger partial charge in [-0.2, -0.15) is 0 Å². The average molecular weight is 255 g/mol. The third kappa shape index (κ3) is 2.33. The predicted molar refractivity (Wildman–Crippen MR) is 73.8 cm³/mol. The Bertz CT molecular complexity index is 322.